The Labute approximate surface area is 126 Å². The van der Waals surface area contributed by atoms with E-state index in [0.717, 1.165) is 31.6 Å². The molecule has 0 spiro atoms. The van der Waals surface area contributed by atoms with E-state index in [0.29, 0.717) is 0 Å². The van der Waals surface area contributed by atoms with E-state index in [4.69, 9.17) is 4.74 Å². The molecular weight excluding hydrogens is 266 g/mol. The van der Waals surface area contributed by atoms with Gasteiger partial charge in [-0.25, -0.2) is 0 Å². The van der Waals surface area contributed by atoms with Gasteiger partial charge < -0.3 is 10.1 Å². The molecule has 1 aliphatic heterocycles. The molecule has 0 saturated heterocycles. The molecule has 20 heavy (non-hydrogen) atoms. The first kappa shape index (κ1) is 15.4. The molecule has 1 heterocycles. The maximum atomic E-state index is 5.94. The number of rotatable bonds is 5. The van der Waals surface area contributed by atoms with Crippen LogP contribution in [0.25, 0.3) is 0 Å². The summed E-state index contributed by atoms with van der Waals surface area (Å²) in [7, 11) is 1.96. The van der Waals surface area contributed by atoms with Crippen LogP contribution in [0.4, 0.5) is 0 Å². The second kappa shape index (κ2) is 7.67. The van der Waals surface area contributed by atoms with Crippen LogP contribution < -0.4 is 5.32 Å². The van der Waals surface area contributed by atoms with E-state index in [-0.39, 0.29) is 6.10 Å². The number of ether oxygens (including phenoxy) is 1. The van der Waals surface area contributed by atoms with E-state index in [1.807, 2.05) is 18.8 Å². The molecule has 0 aromatic heterocycles. The van der Waals surface area contributed by atoms with E-state index in [1.54, 1.807) is 0 Å². The van der Waals surface area contributed by atoms with Gasteiger partial charge in [0.15, 0.2) is 0 Å². The molecule has 0 aromatic rings. The maximum Gasteiger partial charge on any atom is 0.0962 e. The third-order valence-electron chi connectivity index (χ3n) is 3.56. The largest absolute Gasteiger partial charge is 0.372 e. The second-order valence-corrected chi connectivity index (χ2v) is 5.78. The summed E-state index contributed by atoms with van der Waals surface area (Å²) in [5, 5.41) is 3.22. The Morgan fingerprint density at radius 2 is 2.35 bits per heavy atom. The minimum atomic E-state index is 0.102. The molecule has 0 saturated carbocycles. The van der Waals surface area contributed by atoms with Gasteiger partial charge in [0, 0.05) is 13.0 Å². The van der Waals surface area contributed by atoms with Crippen LogP contribution in [0.15, 0.2) is 58.6 Å². The maximum absolute atomic E-state index is 5.94. The van der Waals surface area contributed by atoms with Crippen LogP contribution in [0.5, 0.6) is 0 Å². The fraction of sp³-hybridized carbons (Fsp3) is 0.412. The monoisotopic (exact) mass is 289 g/mol. The summed E-state index contributed by atoms with van der Waals surface area (Å²) in [6, 6.07) is 0. The first-order chi connectivity index (χ1) is 9.77. The minimum Gasteiger partial charge on any atom is -0.372 e. The van der Waals surface area contributed by atoms with Gasteiger partial charge in [-0.05, 0) is 41.3 Å². The van der Waals surface area contributed by atoms with Crippen molar-refractivity contribution in [3.8, 4) is 0 Å². The summed E-state index contributed by atoms with van der Waals surface area (Å²) in [4.78, 5) is 1.41. The molecule has 1 atom stereocenters. The van der Waals surface area contributed by atoms with E-state index in [2.05, 4.69) is 48.5 Å². The molecule has 1 N–H and O–H groups in total. The number of likely N-dealkylation sites (N-methyl/N-ethyl adjacent to an activating group) is 1. The first-order valence-electron chi connectivity index (χ1n) is 7.04. The summed E-state index contributed by atoms with van der Waals surface area (Å²) in [6.45, 7) is 5.97. The van der Waals surface area contributed by atoms with Crippen LogP contribution >= 0.6 is 11.8 Å². The summed E-state index contributed by atoms with van der Waals surface area (Å²) < 4.78 is 5.94. The Morgan fingerprint density at radius 1 is 1.50 bits per heavy atom. The Morgan fingerprint density at radius 3 is 3.10 bits per heavy atom. The molecule has 2 nitrogen and oxygen atoms in total. The SMILES string of the molecule is C=C(C1=CC=CCC=C1)C1=C(SC)CCOC1CNC. The lowest BCUT2D eigenvalue weighted by Crippen LogP contribution is -2.33. The number of nitrogens with one attached hydrogen (secondary N) is 1. The molecule has 108 valence electrons. The molecule has 0 amide bonds. The predicted molar refractivity (Wildman–Crippen MR) is 88.9 cm³/mol. The normalized spacial score (nSPS) is 22.7. The smallest absolute Gasteiger partial charge is 0.0962 e. The fourth-order valence-electron chi connectivity index (χ4n) is 2.55. The standard InChI is InChI=1S/C17H23NOS/c1-13(14-8-6-4-5-7-9-14)17-15(12-18-2)19-11-10-16(17)20-3/h4,6-9,15,18H,1,5,10-12H2,2-3H3. The Hall–Kier alpha value is -1.03. The summed E-state index contributed by atoms with van der Waals surface area (Å²) in [5.41, 5.74) is 3.55. The number of hydrogen-bond donors (Lipinski definition) is 1. The minimum absolute atomic E-state index is 0.102. The van der Waals surface area contributed by atoms with Crippen molar-refractivity contribution in [3.63, 3.8) is 0 Å². The number of thioether (sulfide) groups is 1. The van der Waals surface area contributed by atoms with Crippen LogP contribution in [-0.4, -0.2) is 32.6 Å². The summed E-state index contributed by atoms with van der Waals surface area (Å²) >= 11 is 1.82. The molecule has 2 aliphatic rings. The molecule has 0 fully saturated rings. The van der Waals surface area contributed by atoms with E-state index < -0.39 is 0 Å². The van der Waals surface area contributed by atoms with Gasteiger partial charge in [0.2, 0.25) is 0 Å². The third kappa shape index (κ3) is 3.54. The van der Waals surface area contributed by atoms with E-state index >= 15 is 0 Å². The fourth-order valence-corrected chi connectivity index (χ4v) is 3.31. The molecule has 1 aliphatic carbocycles. The third-order valence-corrected chi connectivity index (χ3v) is 4.48. The van der Waals surface area contributed by atoms with Crippen LogP contribution in [0.2, 0.25) is 0 Å². The Kier molecular flexibility index (Phi) is 5.89. The highest BCUT2D eigenvalue weighted by molar-refractivity contribution is 8.02. The molecule has 0 bridgehead atoms. The van der Waals surface area contributed by atoms with Crippen LogP contribution in [0.1, 0.15) is 12.8 Å². The van der Waals surface area contributed by atoms with Gasteiger partial charge in [-0.1, -0.05) is 37.0 Å². The van der Waals surface area contributed by atoms with Gasteiger partial charge >= 0.3 is 0 Å². The van der Waals surface area contributed by atoms with E-state index in [1.165, 1.54) is 16.1 Å². The zero-order valence-electron chi connectivity index (χ0n) is 12.3. The zero-order valence-corrected chi connectivity index (χ0v) is 13.1. The van der Waals surface area contributed by atoms with Crippen molar-refractivity contribution < 1.29 is 4.74 Å². The quantitative estimate of drug-likeness (QED) is 0.835. The van der Waals surface area contributed by atoms with Crippen molar-refractivity contribution in [2.45, 2.75) is 18.9 Å². The van der Waals surface area contributed by atoms with Gasteiger partial charge in [-0.3, -0.25) is 0 Å². The Balaban J connectivity index is 2.33. The van der Waals surface area contributed by atoms with E-state index in [9.17, 15) is 0 Å². The average Bonchev–Trinajstić information content (AvgIpc) is 2.75. The summed E-state index contributed by atoms with van der Waals surface area (Å²) in [5.74, 6) is 0. The highest BCUT2D eigenvalue weighted by Gasteiger charge is 2.25. The molecule has 3 heteroatoms. The first-order valence-corrected chi connectivity index (χ1v) is 8.26. The lowest BCUT2D eigenvalue weighted by molar-refractivity contribution is 0.0728. The van der Waals surface area contributed by atoms with Crippen LogP contribution in [0, 0.1) is 0 Å². The molecule has 2 rings (SSSR count). The van der Waals surface area contributed by atoms with Crippen LogP contribution in [-0.2, 0) is 4.74 Å². The average molecular weight is 289 g/mol. The molecule has 0 aromatic carbocycles. The van der Waals surface area contributed by atoms with Gasteiger partial charge in [0.1, 0.15) is 0 Å². The number of hydrogen-bond acceptors (Lipinski definition) is 3. The predicted octanol–water partition coefficient (Wildman–Crippen LogP) is 3.61. The lowest BCUT2D eigenvalue weighted by atomic mass is 9.92. The van der Waals surface area contributed by atoms with Crippen molar-refractivity contribution in [1.82, 2.24) is 5.32 Å². The summed E-state index contributed by atoms with van der Waals surface area (Å²) in [6.07, 6.45) is 15.0. The molecule has 1 unspecified atom stereocenters. The van der Waals surface area contributed by atoms with Gasteiger partial charge in [0.25, 0.3) is 0 Å². The van der Waals surface area contributed by atoms with Gasteiger partial charge in [-0.15, -0.1) is 11.8 Å². The molecule has 0 radical (unpaired) electrons. The lowest BCUT2D eigenvalue weighted by Gasteiger charge is -2.30. The van der Waals surface area contributed by atoms with Crippen molar-refractivity contribution in [1.29, 1.82) is 0 Å². The van der Waals surface area contributed by atoms with Crippen molar-refractivity contribution in [2.24, 2.45) is 0 Å². The topological polar surface area (TPSA) is 21.3 Å². The molecular formula is C17H23NOS. The van der Waals surface area contributed by atoms with Gasteiger partial charge in [-0.2, -0.15) is 0 Å². The van der Waals surface area contributed by atoms with Crippen molar-refractivity contribution in [3.05, 3.63) is 58.6 Å². The number of allylic oxidation sites excluding steroid dienone is 6. The highest BCUT2D eigenvalue weighted by atomic mass is 32.2. The van der Waals surface area contributed by atoms with Crippen molar-refractivity contribution in [2.75, 3.05) is 26.5 Å². The van der Waals surface area contributed by atoms with Crippen LogP contribution in [0.3, 0.4) is 0 Å². The van der Waals surface area contributed by atoms with Gasteiger partial charge in [0.05, 0.1) is 12.7 Å². The second-order valence-electron chi connectivity index (χ2n) is 4.87. The van der Waals surface area contributed by atoms with Crippen molar-refractivity contribution >= 4 is 11.8 Å². The zero-order chi connectivity index (χ0) is 14.4. The Bertz CT molecular complexity index is 485. The highest BCUT2D eigenvalue weighted by Crippen LogP contribution is 2.35.